The first-order valence-corrected chi connectivity index (χ1v) is 11.0. The standard InChI is InChI=1S/C15H22BrF3O2Si/c1-14(2,3)22(4,5)21-13(10-16)11-7-6-8-12(9-11)20-15(17,18)19/h6-9,13H,10H2,1-5H3/t13-/m0/s1. The normalized spacial score (nSPS) is 14.8. The quantitative estimate of drug-likeness (QED) is 0.444. The Morgan fingerprint density at radius 1 is 1.18 bits per heavy atom. The van der Waals surface area contributed by atoms with Crippen LogP contribution in [-0.4, -0.2) is 20.0 Å². The van der Waals surface area contributed by atoms with Gasteiger partial charge in [0.05, 0.1) is 6.10 Å². The third-order valence-corrected chi connectivity index (χ3v) is 8.92. The number of hydrogen-bond acceptors (Lipinski definition) is 2. The smallest absolute Gasteiger partial charge is 0.409 e. The molecule has 0 saturated heterocycles. The lowest BCUT2D eigenvalue weighted by Gasteiger charge is -2.39. The fraction of sp³-hybridized carbons (Fsp3) is 0.600. The highest BCUT2D eigenvalue weighted by Crippen LogP contribution is 2.40. The zero-order valence-electron chi connectivity index (χ0n) is 13.4. The first-order valence-electron chi connectivity index (χ1n) is 6.95. The molecule has 126 valence electrons. The minimum absolute atomic E-state index is 0.0213. The first kappa shape index (κ1) is 19.5. The van der Waals surface area contributed by atoms with Crippen molar-refractivity contribution < 1.29 is 22.3 Å². The van der Waals surface area contributed by atoms with E-state index >= 15 is 0 Å². The molecule has 0 unspecified atom stereocenters. The molecule has 0 bridgehead atoms. The van der Waals surface area contributed by atoms with E-state index in [1.165, 1.54) is 12.1 Å². The summed E-state index contributed by atoms with van der Waals surface area (Å²) in [4.78, 5) is 0. The molecule has 0 saturated carbocycles. The van der Waals surface area contributed by atoms with Crippen molar-refractivity contribution in [1.29, 1.82) is 0 Å². The molecule has 0 aromatic heterocycles. The van der Waals surface area contributed by atoms with E-state index in [-0.39, 0.29) is 16.9 Å². The van der Waals surface area contributed by atoms with Crippen molar-refractivity contribution in [3.63, 3.8) is 0 Å². The van der Waals surface area contributed by atoms with Gasteiger partial charge in [0.2, 0.25) is 0 Å². The van der Waals surface area contributed by atoms with Gasteiger partial charge in [0.15, 0.2) is 8.32 Å². The summed E-state index contributed by atoms with van der Waals surface area (Å²) in [6.45, 7) is 10.6. The number of rotatable bonds is 5. The van der Waals surface area contributed by atoms with E-state index in [0.29, 0.717) is 10.9 Å². The Morgan fingerprint density at radius 2 is 1.77 bits per heavy atom. The summed E-state index contributed by atoms with van der Waals surface area (Å²) in [6, 6.07) is 5.96. The predicted molar refractivity (Wildman–Crippen MR) is 87.9 cm³/mol. The maximum Gasteiger partial charge on any atom is 0.573 e. The summed E-state index contributed by atoms with van der Waals surface area (Å²) < 4.78 is 47.2. The zero-order valence-corrected chi connectivity index (χ0v) is 16.0. The molecular weight excluding hydrogens is 377 g/mol. The molecule has 7 heteroatoms. The van der Waals surface area contributed by atoms with E-state index < -0.39 is 14.7 Å². The van der Waals surface area contributed by atoms with Crippen molar-refractivity contribution in [1.82, 2.24) is 0 Å². The predicted octanol–water partition coefficient (Wildman–Crippen LogP) is 6.04. The van der Waals surface area contributed by atoms with Crippen LogP contribution in [0.4, 0.5) is 13.2 Å². The van der Waals surface area contributed by atoms with Crippen molar-refractivity contribution in [3.05, 3.63) is 29.8 Å². The van der Waals surface area contributed by atoms with Crippen LogP contribution in [0.3, 0.4) is 0 Å². The van der Waals surface area contributed by atoms with E-state index in [1.54, 1.807) is 12.1 Å². The lowest BCUT2D eigenvalue weighted by molar-refractivity contribution is -0.274. The number of benzene rings is 1. The third kappa shape index (κ3) is 5.59. The number of alkyl halides is 4. The van der Waals surface area contributed by atoms with Gasteiger partial charge in [-0.05, 0) is 35.8 Å². The molecule has 0 aliphatic carbocycles. The minimum Gasteiger partial charge on any atom is -0.409 e. The summed E-state index contributed by atoms with van der Waals surface area (Å²) >= 11 is 3.39. The molecule has 1 aromatic carbocycles. The van der Waals surface area contributed by atoms with Gasteiger partial charge in [0, 0.05) is 5.33 Å². The Hall–Kier alpha value is -0.533. The van der Waals surface area contributed by atoms with Crippen molar-refractivity contribution in [2.45, 2.75) is 51.4 Å². The monoisotopic (exact) mass is 398 g/mol. The molecule has 1 rings (SSSR count). The highest BCUT2D eigenvalue weighted by atomic mass is 79.9. The summed E-state index contributed by atoms with van der Waals surface area (Å²) in [5.41, 5.74) is 0.670. The van der Waals surface area contributed by atoms with Crippen molar-refractivity contribution >= 4 is 24.2 Å². The molecular formula is C15H22BrF3O2Si. The summed E-state index contributed by atoms with van der Waals surface area (Å²) in [5.74, 6) is -0.227. The van der Waals surface area contributed by atoms with Crippen molar-refractivity contribution in [2.75, 3.05) is 5.33 Å². The number of ether oxygens (including phenoxy) is 1. The van der Waals surface area contributed by atoms with E-state index in [4.69, 9.17) is 4.43 Å². The average molecular weight is 399 g/mol. The molecule has 1 atom stereocenters. The average Bonchev–Trinajstić information content (AvgIpc) is 2.32. The van der Waals surface area contributed by atoms with Gasteiger partial charge in [-0.1, -0.05) is 48.8 Å². The maximum absolute atomic E-state index is 12.3. The van der Waals surface area contributed by atoms with E-state index in [2.05, 4.69) is 54.5 Å². The minimum atomic E-state index is -4.69. The largest absolute Gasteiger partial charge is 0.573 e. The van der Waals surface area contributed by atoms with Gasteiger partial charge in [-0.15, -0.1) is 13.2 Å². The highest BCUT2D eigenvalue weighted by molar-refractivity contribution is 9.09. The number of hydrogen-bond donors (Lipinski definition) is 0. The molecule has 22 heavy (non-hydrogen) atoms. The lowest BCUT2D eigenvalue weighted by Crippen LogP contribution is -2.42. The van der Waals surface area contributed by atoms with Crippen LogP contribution in [0, 0.1) is 0 Å². The van der Waals surface area contributed by atoms with Gasteiger partial charge in [-0.2, -0.15) is 0 Å². The lowest BCUT2D eigenvalue weighted by atomic mass is 10.1. The van der Waals surface area contributed by atoms with Crippen LogP contribution in [0.15, 0.2) is 24.3 Å². The van der Waals surface area contributed by atoms with Gasteiger partial charge < -0.3 is 9.16 Å². The summed E-state index contributed by atoms with van der Waals surface area (Å²) in [6.07, 6.45) is -5.00. The fourth-order valence-electron chi connectivity index (χ4n) is 1.63. The second-order valence-corrected chi connectivity index (χ2v) is 12.0. The van der Waals surface area contributed by atoms with Gasteiger partial charge in [-0.25, -0.2) is 0 Å². The van der Waals surface area contributed by atoms with Crippen molar-refractivity contribution in [2.24, 2.45) is 0 Å². The molecule has 0 spiro atoms. The Morgan fingerprint density at radius 3 is 2.23 bits per heavy atom. The SMILES string of the molecule is CC(C)(C)[Si](C)(C)O[C@@H](CBr)c1cccc(OC(F)(F)F)c1. The van der Waals surface area contributed by atoms with Crippen LogP contribution < -0.4 is 4.74 Å². The van der Waals surface area contributed by atoms with E-state index in [9.17, 15) is 13.2 Å². The molecule has 0 aliphatic rings. The van der Waals surface area contributed by atoms with Gasteiger partial charge in [0.25, 0.3) is 0 Å². The van der Waals surface area contributed by atoms with Crippen LogP contribution in [0.5, 0.6) is 5.75 Å². The van der Waals surface area contributed by atoms with Crippen LogP contribution in [0.1, 0.15) is 32.4 Å². The second kappa shape index (κ2) is 6.92. The molecule has 0 fully saturated rings. The first-order chi connectivity index (χ1) is 9.86. The molecule has 0 aliphatic heterocycles. The van der Waals surface area contributed by atoms with Crippen LogP contribution >= 0.6 is 15.9 Å². The van der Waals surface area contributed by atoms with Crippen molar-refractivity contribution in [3.8, 4) is 5.75 Å². The topological polar surface area (TPSA) is 18.5 Å². The Balaban J connectivity index is 2.99. The Labute approximate surface area is 139 Å². The molecule has 0 N–H and O–H groups in total. The zero-order chi connectivity index (χ0) is 17.2. The van der Waals surface area contributed by atoms with Crippen LogP contribution in [0.2, 0.25) is 18.1 Å². The van der Waals surface area contributed by atoms with Gasteiger partial charge in [-0.3, -0.25) is 0 Å². The van der Waals surface area contributed by atoms with E-state index in [0.717, 1.165) is 0 Å². The van der Waals surface area contributed by atoms with E-state index in [1.807, 2.05) is 0 Å². The van der Waals surface area contributed by atoms with Crippen LogP contribution in [0.25, 0.3) is 0 Å². The molecule has 0 heterocycles. The Kier molecular flexibility index (Phi) is 6.14. The summed E-state index contributed by atoms with van der Waals surface area (Å²) in [5, 5.41) is 0.530. The fourth-order valence-corrected chi connectivity index (χ4v) is 3.67. The molecule has 1 aromatic rings. The number of halogens is 4. The second-order valence-electron chi connectivity index (χ2n) is 6.64. The molecule has 0 radical (unpaired) electrons. The van der Waals surface area contributed by atoms with Gasteiger partial charge in [0.1, 0.15) is 5.75 Å². The molecule has 2 nitrogen and oxygen atoms in total. The van der Waals surface area contributed by atoms with Crippen LogP contribution in [-0.2, 0) is 4.43 Å². The Bertz CT molecular complexity index is 498. The molecule has 0 amide bonds. The summed E-state index contributed by atoms with van der Waals surface area (Å²) in [7, 11) is -2.03. The highest BCUT2D eigenvalue weighted by Gasteiger charge is 2.39. The third-order valence-electron chi connectivity index (χ3n) is 3.85. The van der Waals surface area contributed by atoms with Gasteiger partial charge >= 0.3 is 6.36 Å². The maximum atomic E-state index is 12.3.